The maximum atomic E-state index is 12.1. The molecular weight excluding hydrogens is 505 g/mol. The molecule has 8 nitrogen and oxygen atoms in total. The van der Waals surface area contributed by atoms with Gasteiger partial charge < -0.3 is 20.1 Å². The minimum Gasteiger partial charge on any atom is -0.457 e. The second-order valence-electron chi connectivity index (χ2n) is 10.3. The summed E-state index contributed by atoms with van der Waals surface area (Å²) in [7, 11) is -4.24. The number of phosphoric acid groups is 1. The molecule has 0 saturated carbocycles. The van der Waals surface area contributed by atoms with Gasteiger partial charge in [-0.15, -0.1) is 0 Å². The van der Waals surface area contributed by atoms with Crippen LogP contribution in [0.3, 0.4) is 0 Å². The Hall–Kier alpha value is -0.500. The molecule has 9 heteroatoms. The van der Waals surface area contributed by atoms with Crippen molar-refractivity contribution in [1.29, 1.82) is 0 Å². The fourth-order valence-corrected chi connectivity index (χ4v) is 5.00. The molecule has 0 spiro atoms. The minimum absolute atomic E-state index is 0.0923. The van der Waals surface area contributed by atoms with Gasteiger partial charge in [0.2, 0.25) is 0 Å². The van der Waals surface area contributed by atoms with Crippen molar-refractivity contribution in [3.05, 3.63) is 0 Å². The number of hydrogen-bond acceptors (Lipinski definition) is 7. The highest BCUT2D eigenvalue weighted by Crippen LogP contribution is 2.43. The van der Waals surface area contributed by atoms with E-state index in [1.54, 1.807) is 0 Å². The van der Waals surface area contributed by atoms with Crippen LogP contribution in [0.4, 0.5) is 0 Å². The summed E-state index contributed by atoms with van der Waals surface area (Å²) in [5, 5.41) is 0. The van der Waals surface area contributed by atoms with Gasteiger partial charge in [-0.3, -0.25) is 13.8 Å². The molecule has 0 bridgehead atoms. The Kier molecular flexibility index (Phi) is 27.7. The number of ether oxygens (including phenoxy) is 2. The molecule has 0 radical (unpaired) electrons. The molecule has 2 unspecified atom stereocenters. The van der Waals surface area contributed by atoms with Crippen molar-refractivity contribution < 1.29 is 32.8 Å². The Morgan fingerprint density at radius 3 is 1.66 bits per heavy atom. The molecule has 0 aliphatic heterocycles. The Balaban J connectivity index is 3.85. The maximum absolute atomic E-state index is 12.1. The van der Waals surface area contributed by atoms with Crippen LogP contribution in [-0.2, 0) is 27.9 Å². The first-order chi connectivity index (χ1) is 18.4. The molecule has 0 aromatic heterocycles. The van der Waals surface area contributed by atoms with Gasteiger partial charge in [-0.2, -0.15) is 0 Å². The summed E-state index contributed by atoms with van der Waals surface area (Å²) < 4.78 is 32.7. The van der Waals surface area contributed by atoms with Gasteiger partial charge in [0, 0.05) is 19.6 Å². The standard InChI is InChI=1S/C29H60NO7P/c1-3-5-7-8-9-10-11-12-13-14-15-16-17-18-19-21-24-34-26-28(37-29(31)22-20-6-4-2)27-36-38(32,33)35-25-23-30/h28H,3-27,30H2,1-2H3,(H,32,33). The first-order valence-corrected chi connectivity index (χ1v) is 17.0. The number of unbranched alkanes of at least 4 members (excludes halogenated alkanes) is 17. The molecule has 0 aromatic carbocycles. The predicted molar refractivity (Wildman–Crippen MR) is 155 cm³/mol. The van der Waals surface area contributed by atoms with Crippen LogP contribution in [0, 0.1) is 0 Å². The first kappa shape index (κ1) is 37.5. The molecule has 2 atom stereocenters. The van der Waals surface area contributed by atoms with E-state index in [-0.39, 0.29) is 32.3 Å². The lowest BCUT2D eigenvalue weighted by atomic mass is 10.0. The van der Waals surface area contributed by atoms with Crippen molar-refractivity contribution in [2.24, 2.45) is 5.73 Å². The summed E-state index contributed by atoms with van der Waals surface area (Å²) in [4.78, 5) is 21.8. The van der Waals surface area contributed by atoms with Gasteiger partial charge in [0.05, 0.1) is 19.8 Å². The van der Waals surface area contributed by atoms with E-state index in [1.165, 1.54) is 89.9 Å². The summed E-state index contributed by atoms with van der Waals surface area (Å²) >= 11 is 0. The molecule has 3 N–H and O–H groups in total. The van der Waals surface area contributed by atoms with E-state index in [4.69, 9.17) is 24.3 Å². The van der Waals surface area contributed by atoms with Gasteiger partial charge in [-0.25, -0.2) is 4.57 Å². The van der Waals surface area contributed by atoms with Crippen LogP contribution >= 0.6 is 7.82 Å². The summed E-state index contributed by atoms with van der Waals surface area (Å²) in [6.45, 7) is 4.76. The minimum atomic E-state index is -4.24. The van der Waals surface area contributed by atoms with E-state index in [9.17, 15) is 14.3 Å². The fourth-order valence-electron chi connectivity index (χ4n) is 4.23. The largest absolute Gasteiger partial charge is 0.472 e. The first-order valence-electron chi connectivity index (χ1n) is 15.5. The van der Waals surface area contributed by atoms with Crippen LogP contribution in [0.5, 0.6) is 0 Å². The summed E-state index contributed by atoms with van der Waals surface area (Å²) in [6, 6.07) is 0. The molecule has 38 heavy (non-hydrogen) atoms. The lowest BCUT2D eigenvalue weighted by Gasteiger charge is -2.20. The monoisotopic (exact) mass is 565 g/mol. The van der Waals surface area contributed by atoms with Crippen LogP contribution in [-0.4, -0.2) is 49.9 Å². The lowest BCUT2D eigenvalue weighted by Crippen LogP contribution is -2.28. The van der Waals surface area contributed by atoms with E-state index in [0.717, 1.165) is 32.1 Å². The number of esters is 1. The maximum Gasteiger partial charge on any atom is 0.472 e. The molecule has 228 valence electrons. The summed E-state index contributed by atoms with van der Waals surface area (Å²) in [5.41, 5.74) is 5.29. The van der Waals surface area contributed by atoms with Crippen molar-refractivity contribution in [1.82, 2.24) is 0 Å². The molecule has 0 aromatic rings. The molecule has 0 aliphatic rings. The molecule has 0 aliphatic carbocycles. The SMILES string of the molecule is CCCCCCCCCCCCCCCCCCOCC(COP(=O)(O)OCCN)OC(=O)CCCCC. The molecule has 0 rings (SSSR count). The molecular formula is C29H60NO7P. The van der Waals surface area contributed by atoms with E-state index in [2.05, 4.69) is 13.8 Å². The highest BCUT2D eigenvalue weighted by molar-refractivity contribution is 7.47. The number of phosphoric ester groups is 1. The second kappa shape index (κ2) is 28.0. The average Bonchev–Trinajstić information content (AvgIpc) is 2.90. The van der Waals surface area contributed by atoms with Gasteiger partial charge in [-0.1, -0.05) is 123 Å². The number of rotatable bonds is 30. The zero-order valence-corrected chi connectivity index (χ0v) is 25.6. The third kappa shape index (κ3) is 27.1. The average molecular weight is 566 g/mol. The van der Waals surface area contributed by atoms with Gasteiger partial charge in [0.25, 0.3) is 0 Å². The Labute approximate surface area is 233 Å². The number of hydrogen-bond donors (Lipinski definition) is 2. The number of nitrogens with two attached hydrogens (primary N) is 1. The van der Waals surface area contributed by atoms with Gasteiger partial charge in [-0.05, 0) is 12.8 Å². The number of carbonyl (C=O) groups excluding carboxylic acids is 1. The normalized spacial score (nSPS) is 13.9. The molecule has 0 heterocycles. The van der Waals surface area contributed by atoms with Crippen LogP contribution in [0.2, 0.25) is 0 Å². The quantitative estimate of drug-likeness (QED) is 0.0514. The molecule has 0 fully saturated rings. The van der Waals surface area contributed by atoms with Crippen LogP contribution in [0.1, 0.15) is 142 Å². The van der Waals surface area contributed by atoms with E-state index in [0.29, 0.717) is 13.0 Å². The third-order valence-electron chi connectivity index (χ3n) is 6.52. The third-order valence-corrected chi connectivity index (χ3v) is 7.51. The highest BCUT2D eigenvalue weighted by Gasteiger charge is 2.25. The van der Waals surface area contributed by atoms with Crippen LogP contribution < -0.4 is 5.73 Å². The lowest BCUT2D eigenvalue weighted by molar-refractivity contribution is -0.154. The Morgan fingerprint density at radius 2 is 1.16 bits per heavy atom. The Morgan fingerprint density at radius 1 is 0.684 bits per heavy atom. The number of carbonyl (C=O) groups is 1. The molecule has 0 saturated heterocycles. The fraction of sp³-hybridized carbons (Fsp3) is 0.966. The van der Waals surface area contributed by atoms with Crippen molar-refractivity contribution >= 4 is 13.8 Å². The van der Waals surface area contributed by atoms with Crippen molar-refractivity contribution in [3.63, 3.8) is 0 Å². The summed E-state index contributed by atoms with van der Waals surface area (Å²) in [6.07, 6.45) is 23.3. The van der Waals surface area contributed by atoms with E-state index < -0.39 is 13.9 Å². The van der Waals surface area contributed by atoms with Crippen molar-refractivity contribution in [2.75, 3.05) is 33.0 Å². The summed E-state index contributed by atoms with van der Waals surface area (Å²) in [5.74, 6) is -0.353. The van der Waals surface area contributed by atoms with Crippen molar-refractivity contribution in [2.45, 2.75) is 148 Å². The smallest absolute Gasteiger partial charge is 0.457 e. The van der Waals surface area contributed by atoms with E-state index >= 15 is 0 Å². The topological polar surface area (TPSA) is 117 Å². The molecule has 0 amide bonds. The second-order valence-corrected chi connectivity index (χ2v) is 11.8. The van der Waals surface area contributed by atoms with E-state index in [1.807, 2.05) is 0 Å². The highest BCUT2D eigenvalue weighted by atomic mass is 31.2. The predicted octanol–water partition coefficient (Wildman–Crippen LogP) is 7.85. The van der Waals surface area contributed by atoms with Crippen molar-refractivity contribution in [3.8, 4) is 0 Å². The zero-order chi connectivity index (χ0) is 28.2. The zero-order valence-electron chi connectivity index (χ0n) is 24.7. The Bertz CT molecular complexity index is 565. The van der Waals surface area contributed by atoms with Gasteiger partial charge in [0.15, 0.2) is 0 Å². The van der Waals surface area contributed by atoms with Crippen LogP contribution in [0.15, 0.2) is 0 Å². The van der Waals surface area contributed by atoms with Gasteiger partial charge in [0.1, 0.15) is 6.10 Å². The van der Waals surface area contributed by atoms with Crippen LogP contribution in [0.25, 0.3) is 0 Å². The van der Waals surface area contributed by atoms with Gasteiger partial charge >= 0.3 is 13.8 Å².